The number of nitrogens with zero attached hydrogens (tertiary/aromatic N) is 2. The van der Waals surface area contributed by atoms with E-state index >= 15 is 0 Å². The van der Waals surface area contributed by atoms with E-state index in [-0.39, 0.29) is 12.6 Å². The van der Waals surface area contributed by atoms with Gasteiger partial charge in [-0.25, -0.2) is 4.79 Å². The molecule has 0 atom stereocenters. The van der Waals surface area contributed by atoms with Crippen LogP contribution >= 0.6 is 0 Å². The van der Waals surface area contributed by atoms with Crippen LogP contribution in [-0.2, 0) is 14.3 Å². The number of ether oxygens (including phenoxy) is 2. The number of likely N-dealkylation sites (tertiary alicyclic amines) is 1. The summed E-state index contributed by atoms with van der Waals surface area (Å²) in [7, 11) is 3.20. The molecule has 1 aliphatic heterocycles. The van der Waals surface area contributed by atoms with Crippen LogP contribution in [0.15, 0.2) is 0 Å². The van der Waals surface area contributed by atoms with Crippen LogP contribution in [-0.4, -0.2) is 80.5 Å². The number of hydrogen-bond donors (Lipinski definition) is 1. The summed E-state index contributed by atoms with van der Waals surface area (Å²) in [5.74, 6) is -0.528. The van der Waals surface area contributed by atoms with E-state index in [2.05, 4.69) is 0 Å². The Morgan fingerprint density at radius 3 is 2.40 bits per heavy atom. The highest BCUT2D eigenvalue weighted by molar-refractivity contribution is 5.80. The lowest BCUT2D eigenvalue weighted by molar-refractivity contribution is -0.137. The fraction of sp³-hybridized carbons (Fsp3) is 0.846. The Balaban J connectivity index is 2.50. The van der Waals surface area contributed by atoms with Crippen molar-refractivity contribution in [1.82, 2.24) is 9.80 Å². The van der Waals surface area contributed by atoms with E-state index in [1.165, 1.54) is 12.0 Å². The fourth-order valence-corrected chi connectivity index (χ4v) is 2.33. The van der Waals surface area contributed by atoms with Gasteiger partial charge in [0.05, 0.1) is 6.61 Å². The number of aliphatic carboxylic acids is 1. The first-order valence-corrected chi connectivity index (χ1v) is 6.82. The first kappa shape index (κ1) is 16.7. The number of hydrogen-bond acceptors (Lipinski definition) is 4. The highest BCUT2D eigenvalue weighted by Gasteiger charge is 2.27. The average molecular weight is 288 g/mol. The maximum atomic E-state index is 12.3. The molecule has 7 nitrogen and oxygen atoms in total. The molecule has 0 unspecified atom stereocenters. The van der Waals surface area contributed by atoms with Gasteiger partial charge in [0.25, 0.3) is 0 Å². The molecule has 0 aromatic carbocycles. The molecule has 20 heavy (non-hydrogen) atoms. The van der Waals surface area contributed by atoms with E-state index < -0.39 is 5.97 Å². The van der Waals surface area contributed by atoms with Crippen LogP contribution in [0.2, 0.25) is 0 Å². The molecule has 116 valence electrons. The molecule has 2 amide bonds. The van der Waals surface area contributed by atoms with E-state index in [4.69, 9.17) is 14.6 Å². The molecule has 0 aromatic rings. The third kappa shape index (κ3) is 5.34. The predicted octanol–water partition coefficient (Wildman–Crippen LogP) is 0.498. The van der Waals surface area contributed by atoms with Crippen LogP contribution in [0.25, 0.3) is 0 Å². The van der Waals surface area contributed by atoms with E-state index in [1.807, 2.05) is 0 Å². The van der Waals surface area contributed by atoms with Crippen molar-refractivity contribution >= 4 is 12.0 Å². The second-order valence-corrected chi connectivity index (χ2v) is 4.98. The van der Waals surface area contributed by atoms with E-state index in [9.17, 15) is 9.59 Å². The minimum absolute atomic E-state index is 0.222. The van der Waals surface area contributed by atoms with Crippen LogP contribution in [0, 0.1) is 5.92 Å². The van der Waals surface area contributed by atoms with E-state index in [0.717, 1.165) is 12.8 Å². The van der Waals surface area contributed by atoms with Crippen LogP contribution in [0.5, 0.6) is 0 Å². The maximum absolute atomic E-state index is 12.3. The first-order valence-electron chi connectivity index (χ1n) is 6.82. The number of amides is 2. The lowest BCUT2D eigenvalue weighted by Crippen LogP contribution is -2.49. The SMILES string of the molecule is COCCN(CC(=O)O)C(=O)N1CCC(COC)CC1. The summed E-state index contributed by atoms with van der Waals surface area (Å²) >= 11 is 0. The second-order valence-electron chi connectivity index (χ2n) is 4.98. The summed E-state index contributed by atoms with van der Waals surface area (Å²) in [5, 5.41) is 8.87. The molecule has 0 aromatic heterocycles. The highest BCUT2D eigenvalue weighted by atomic mass is 16.5. The molecule has 1 aliphatic rings. The normalized spacial score (nSPS) is 16.2. The minimum atomic E-state index is -1.01. The number of carboxylic acids is 1. The van der Waals surface area contributed by atoms with Gasteiger partial charge in [0.2, 0.25) is 0 Å². The Hall–Kier alpha value is -1.34. The van der Waals surface area contributed by atoms with E-state index in [0.29, 0.717) is 38.8 Å². The van der Waals surface area contributed by atoms with Gasteiger partial charge in [-0.3, -0.25) is 4.79 Å². The summed E-state index contributed by atoms with van der Waals surface area (Å²) in [6.45, 7) is 2.34. The zero-order chi connectivity index (χ0) is 15.0. The van der Waals surface area contributed by atoms with Gasteiger partial charge in [-0.05, 0) is 18.8 Å². The minimum Gasteiger partial charge on any atom is -0.480 e. The topological polar surface area (TPSA) is 79.3 Å². The number of carbonyl (C=O) groups is 2. The van der Waals surface area contributed by atoms with Gasteiger partial charge < -0.3 is 24.4 Å². The first-order chi connectivity index (χ1) is 9.58. The van der Waals surface area contributed by atoms with Crippen molar-refractivity contribution < 1.29 is 24.2 Å². The number of rotatable bonds is 7. The third-order valence-electron chi connectivity index (χ3n) is 3.45. The van der Waals surface area contributed by atoms with Crippen LogP contribution in [0.3, 0.4) is 0 Å². The van der Waals surface area contributed by atoms with Crippen molar-refractivity contribution in [1.29, 1.82) is 0 Å². The van der Waals surface area contributed by atoms with Gasteiger partial charge in [-0.2, -0.15) is 0 Å². The number of carbonyl (C=O) groups excluding carboxylic acids is 1. The van der Waals surface area contributed by atoms with Crippen LogP contribution < -0.4 is 0 Å². The molecular weight excluding hydrogens is 264 g/mol. The maximum Gasteiger partial charge on any atom is 0.323 e. The lowest BCUT2D eigenvalue weighted by Gasteiger charge is -2.35. The smallest absolute Gasteiger partial charge is 0.323 e. The van der Waals surface area contributed by atoms with Gasteiger partial charge in [0, 0.05) is 40.5 Å². The van der Waals surface area contributed by atoms with Gasteiger partial charge in [-0.1, -0.05) is 0 Å². The highest BCUT2D eigenvalue weighted by Crippen LogP contribution is 2.18. The molecule has 1 fully saturated rings. The average Bonchev–Trinajstić information content (AvgIpc) is 2.43. The van der Waals surface area contributed by atoms with Gasteiger partial charge >= 0.3 is 12.0 Å². The Morgan fingerprint density at radius 2 is 1.90 bits per heavy atom. The van der Waals surface area contributed by atoms with Gasteiger partial charge in [0.15, 0.2) is 0 Å². The summed E-state index contributed by atoms with van der Waals surface area (Å²) in [6, 6.07) is -0.222. The molecule has 7 heteroatoms. The van der Waals surface area contributed by atoms with Crippen molar-refractivity contribution in [3.63, 3.8) is 0 Å². The Bertz CT molecular complexity index is 316. The summed E-state index contributed by atoms with van der Waals surface area (Å²) < 4.78 is 10.0. The third-order valence-corrected chi connectivity index (χ3v) is 3.45. The standard InChI is InChI=1S/C13H24N2O5/c1-19-8-7-15(9-12(16)17)13(18)14-5-3-11(4-6-14)10-20-2/h11H,3-10H2,1-2H3,(H,16,17). The predicted molar refractivity (Wildman–Crippen MR) is 72.7 cm³/mol. The molecule has 1 rings (SSSR count). The van der Waals surface area contributed by atoms with Crippen molar-refractivity contribution in [3.8, 4) is 0 Å². The Morgan fingerprint density at radius 1 is 1.25 bits per heavy atom. The molecule has 0 saturated carbocycles. The van der Waals surface area contributed by atoms with Gasteiger partial charge in [0.1, 0.15) is 6.54 Å². The zero-order valence-electron chi connectivity index (χ0n) is 12.2. The van der Waals surface area contributed by atoms with Crippen molar-refractivity contribution in [2.75, 3.05) is 53.6 Å². The quantitative estimate of drug-likeness (QED) is 0.738. The van der Waals surface area contributed by atoms with Crippen molar-refractivity contribution in [2.24, 2.45) is 5.92 Å². The zero-order valence-corrected chi connectivity index (χ0v) is 12.2. The molecular formula is C13H24N2O5. The van der Waals surface area contributed by atoms with Crippen molar-refractivity contribution in [2.45, 2.75) is 12.8 Å². The second kappa shape index (κ2) is 8.76. The van der Waals surface area contributed by atoms with Crippen LogP contribution in [0.4, 0.5) is 4.79 Å². The number of methoxy groups -OCH3 is 2. The summed E-state index contributed by atoms with van der Waals surface area (Å²) in [5.41, 5.74) is 0. The van der Waals surface area contributed by atoms with Crippen molar-refractivity contribution in [3.05, 3.63) is 0 Å². The van der Waals surface area contributed by atoms with Gasteiger partial charge in [-0.15, -0.1) is 0 Å². The molecule has 1 saturated heterocycles. The number of carboxylic acid groups (broad SMARTS) is 1. The Kier molecular flexibility index (Phi) is 7.32. The fourth-order valence-electron chi connectivity index (χ4n) is 2.33. The summed E-state index contributed by atoms with van der Waals surface area (Å²) in [4.78, 5) is 26.2. The molecule has 0 aliphatic carbocycles. The van der Waals surface area contributed by atoms with E-state index in [1.54, 1.807) is 12.0 Å². The molecule has 0 spiro atoms. The Labute approximate surface area is 119 Å². The monoisotopic (exact) mass is 288 g/mol. The number of piperidine rings is 1. The molecule has 1 heterocycles. The number of urea groups is 1. The van der Waals surface area contributed by atoms with Crippen LogP contribution in [0.1, 0.15) is 12.8 Å². The molecule has 0 radical (unpaired) electrons. The largest absolute Gasteiger partial charge is 0.480 e. The summed E-state index contributed by atoms with van der Waals surface area (Å²) in [6.07, 6.45) is 1.79. The molecule has 1 N–H and O–H groups in total. The lowest BCUT2D eigenvalue weighted by atomic mass is 9.98. The molecule has 0 bridgehead atoms.